The Morgan fingerprint density at radius 2 is 2.09 bits per heavy atom. The molecule has 1 aromatic carbocycles. The highest BCUT2D eigenvalue weighted by atomic mass is 16.3. The number of hydrogen-bond acceptors (Lipinski definition) is 4. The minimum atomic E-state index is -0.277. The molecule has 22 heavy (non-hydrogen) atoms. The molecule has 0 atom stereocenters. The van der Waals surface area contributed by atoms with Crippen LogP contribution in [0.1, 0.15) is 11.3 Å². The second-order valence-corrected chi connectivity index (χ2v) is 4.68. The van der Waals surface area contributed by atoms with Gasteiger partial charge in [-0.3, -0.25) is 0 Å². The Labute approximate surface area is 127 Å². The predicted octanol–water partition coefficient (Wildman–Crippen LogP) is 2.24. The summed E-state index contributed by atoms with van der Waals surface area (Å²) in [7, 11) is 0. The lowest BCUT2D eigenvalue weighted by atomic mass is 10.2. The van der Waals surface area contributed by atoms with E-state index in [4.69, 9.17) is 4.42 Å². The predicted molar refractivity (Wildman–Crippen MR) is 80.1 cm³/mol. The number of hydrogen-bond donors (Lipinski definition) is 2. The van der Waals surface area contributed by atoms with Crippen LogP contribution in [0.3, 0.4) is 0 Å². The summed E-state index contributed by atoms with van der Waals surface area (Å²) in [5.41, 5.74) is 1.80. The van der Waals surface area contributed by atoms with Crippen molar-refractivity contribution >= 4 is 11.7 Å². The summed E-state index contributed by atoms with van der Waals surface area (Å²) < 4.78 is 6.88. The maximum absolute atomic E-state index is 11.8. The number of urea groups is 1. The van der Waals surface area contributed by atoms with Crippen LogP contribution >= 0.6 is 0 Å². The topological polar surface area (TPSA) is 85.0 Å². The fourth-order valence-electron chi connectivity index (χ4n) is 1.95. The van der Waals surface area contributed by atoms with E-state index in [-0.39, 0.29) is 6.03 Å². The summed E-state index contributed by atoms with van der Waals surface area (Å²) in [6, 6.07) is 10.9. The Morgan fingerprint density at radius 3 is 2.77 bits per heavy atom. The van der Waals surface area contributed by atoms with Crippen LogP contribution in [0.15, 0.2) is 59.7 Å². The maximum atomic E-state index is 11.8. The summed E-state index contributed by atoms with van der Waals surface area (Å²) in [4.78, 5) is 15.7. The number of nitrogens with one attached hydrogen (secondary N) is 2. The highest BCUT2D eigenvalue weighted by molar-refractivity contribution is 5.89. The number of amides is 2. The van der Waals surface area contributed by atoms with E-state index in [0.29, 0.717) is 18.8 Å². The first-order valence-corrected chi connectivity index (χ1v) is 6.78. The number of nitrogens with zero attached hydrogens (tertiary/aromatic N) is 3. The third-order valence-electron chi connectivity index (χ3n) is 3.03. The summed E-state index contributed by atoms with van der Waals surface area (Å²) in [5, 5.41) is 9.53. The van der Waals surface area contributed by atoms with Crippen molar-refractivity contribution in [1.82, 2.24) is 20.1 Å². The third kappa shape index (κ3) is 3.72. The second kappa shape index (κ2) is 6.57. The molecule has 112 valence electrons. The number of rotatable bonds is 5. The molecule has 0 bridgehead atoms. The molecular weight excluding hydrogens is 282 g/mol. The molecule has 0 spiro atoms. The number of benzene rings is 1. The van der Waals surface area contributed by atoms with Gasteiger partial charge in [0.15, 0.2) is 0 Å². The zero-order valence-electron chi connectivity index (χ0n) is 11.8. The average Bonchev–Trinajstić information content (AvgIpc) is 3.20. The van der Waals surface area contributed by atoms with Crippen LogP contribution in [-0.2, 0) is 13.1 Å². The lowest BCUT2D eigenvalue weighted by Crippen LogP contribution is -2.27. The van der Waals surface area contributed by atoms with Crippen LogP contribution in [0.25, 0.3) is 0 Å². The summed E-state index contributed by atoms with van der Waals surface area (Å²) in [6.45, 7) is 0.994. The van der Waals surface area contributed by atoms with Gasteiger partial charge in [0.25, 0.3) is 0 Å². The maximum Gasteiger partial charge on any atom is 0.319 e. The SMILES string of the molecule is O=C(NCc1ccco1)Nc1ccc(Cn2cncn2)cc1. The molecule has 3 aromatic rings. The van der Waals surface area contributed by atoms with Crippen LogP contribution in [0, 0.1) is 0 Å². The number of aromatic nitrogens is 3. The van der Waals surface area contributed by atoms with Crippen molar-refractivity contribution in [2.75, 3.05) is 5.32 Å². The molecule has 7 nitrogen and oxygen atoms in total. The van der Waals surface area contributed by atoms with Crippen LogP contribution in [0.5, 0.6) is 0 Å². The van der Waals surface area contributed by atoms with E-state index in [0.717, 1.165) is 11.3 Å². The van der Waals surface area contributed by atoms with Crippen molar-refractivity contribution < 1.29 is 9.21 Å². The molecule has 3 rings (SSSR count). The zero-order valence-corrected chi connectivity index (χ0v) is 11.8. The Balaban J connectivity index is 1.51. The molecule has 0 aliphatic carbocycles. The molecule has 0 aliphatic rings. The fraction of sp³-hybridized carbons (Fsp3) is 0.133. The van der Waals surface area contributed by atoms with Crippen molar-refractivity contribution in [3.63, 3.8) is 0 Å². The van der Waals surface area contributed by atoms with Gasteiger partial charge in [-0.25, -0.2) is 14.5 Å². The first kappa shape index (κ1) is 13.9. The van der Waals surface area contributed by atoms with E-state index < -0.39 is 0 Å². The first-order valence-electron chi connectivity index (χ1n) is 6.78. The van der Waals surface area contributed by atoms with E-state index in [1.807, 2.05) is 24.3 Å². The number of anilines is 1. The largest absolute Gasteiger partial charge is 0.467 e. The molecule has 7 heteroatoms. The lowest BCUT2D eigenvalue weighted by molar-refractivity contribution is 0.251. The Kier molecular flexibility index (Phi) is 4.15. The van der Waals surface area contributed by atoms with Gasteiger partial charge in [-0.15, -0.1) is 0 Å². The Hall–Kier alpha value is -3.09. The van der Waals surface area contributed by atoms with E-state index >= 15 is 0 Å². The van der Waals surface area contributed by atoms with Crippen molar-refractivity contribution in [2.24, 2.45) is 0 Å². The van der Waals surface area contributed by atoms with Crippen LogP contribution in [-0.4, -0.2) is 20.8 Å². The summed E-state index contributed by atoms with van der Waals surface area (Å²) >= 11 is 0. The van der Waals surface area contributed by atoms with Gasteiger partial charge in [-0.05, 0) is 29.8 Å². The lowest BCUT2D eigenvalue weighted by Gasteiger charge is -2.07. The molecule has 2 heterocycles. The molecule has 0 unspecified atom stereocenters. The van der Waals surface area contributed by atoms with E-state index in [1.165, 1.54) is 6.33 Å². The van der Waals surface area contributed by atoms with E-state index in [1.54, 1.807) is 29.4 Å². The zero-order chi connectivity index (χ0) is 15.2. The van der Waals surface area contributed by atoms with Gasteiger partial charge < -0.3 is 15.1 Å². The standard InChI is InChI=1S/C15H15N5O2/c21-15(17-8-14-2-1-7-22-14)19-13-5-3-12(4-6-13)9-20-11-16-10-18-20/h1-7,10-11H,8-9H2,(H2,17,19,21). The van der Waals surface area contributed by atoms with Gasteiger partial charge in [-0.2, -0.15) is 5.10 Å². The Morgan fingerprint density at radius 1 is 1.23 bits per heavy atom. The quantitative estimate of drug-likeness (QED) is 0.756. The highest BCUT2D eigenvalue weighted by Gasteiger charge is 2.03. The summed E-state index contributed by atoms with van der Waals surface area (Å²) in [6.07, 6.45) is 4.73. The third-order valence-corrected chi connectivity index (χ3v) is 3.03. The van der Waals surface area contributed by atoms with Gasteiger partial charge in [0.2, 0.25) is 0 Å². The van der Waals surface area contributed by atoms with Crippen molar-refractivity contribution in [3.05, 3.63) is 66.6 Å². The van der Waals surface area contributed by atoms with Gasteiger partial charge in [0.05, 0.1) is 19.4 Å². The molecular formula is C15H15N5O2. The van der Waals surface area contributed by atoms with Gasteiger partial charge >= 0.3 is 6.03 Å². The van der Waals surface area contributed by atoms with Crippen molar-refractivity contribution in [3.8, 4) is 0 Å². The van der Waals surface area contributed by atoms with Crippen LogP contribution < -0.4 is 10.6 Å². The van der Waals surface area contributed by atoms with Crippen molar-refractivity contribution in [1.29, 1.82) is 0 Å². The number of carbonyl (C=O) groups excluding carboxylic acids is 1. The van der Waals surface area contributed by atoms with E-state index in [9.17, 15) is 4.79 Å². The minimum absolute atomic E-state index is 0.277. The minimum Gasteiger partial charge on any atom is -0.467 e. The summed E-state index contributed by atoms with van der Waals surface area (Å²) in [5.74, 6) is 0.707. The molecule has 0 radical (unpaired) electrons. The molecule has 0 aliphatic heterocycles. The molecule has 2 aromatic heterocycles. The molecule has 0 fully saturated rings. The number of carbonyl (C=O) groups is 1. The molecule has 0 saturated carbocycles. The average molecular weight is 297 g/mol. The number of furan rings is 1. The molecule has 2 N–H and O–H groups in total. The van der Waals surface area contributed by atoms with Gasteiger partial charge in [-0.1, -0.05) is 12.1 Å². The normalized spacial score (nSPS) is 10.4. The monoisotopic (exact) mass is 297 g/mol. The molecule has 2 amide bonds. The highest BCUT2D eigenvalue weighted by Crippen LogP contribution is 2.10. The van der Waals surface area contributed by atoms with Crippen molar-refractivity contribution in [2.45, 2.75) is 13.1 Å². The smallest absolute Gasteiger partial charge is 0.319 e. The first-order chi connectivity index (χ1) is 10.8. The van der Waals surface area contributed by atoms with E-state index in [2.05, 4.69) is 20.7 Å². The second-order valence-electron chi connectivity index (χ2n) is 4.68. The fourth-order valence-corrected chi connectivity index (χ4v) is 1.95. The van der Waals surface area contributed by atoms with Crippen LogP contribution in [0.2, 0.25) is 0 Å². The van der Waals surface area contributed by atoms with Crippen LogP contribution in [0.4, 0.5) is 10.5 Å². The van der Waals surface area contributed by atoms with Gasteiger partial charge in [0, 0.05) is 5.69 Å². The Bertz CT molecular complexity index is 705. The van der Waals surface area contributed by atoms with Gasteiger partial charge in [0.1, 0.15) is 18.4 Å². The molecule has 0 saturated heterocycles.